The van der Waals surface area contributed by atoms with Gasteiger partial charge in [-0.1, -0.05) is 11.6 Å². The smallest absolute Gasteiger partial charge is 0.251 e. The van der Waals surface area contributed by atoms with Crippen LogP contribution >= 0.6 is 11.6 Å². The molecular weight excluding hydrogens is 324 g/mol. The second-order valence-electron chi connectivity index (χ2n) is 6.15. The molecule has 1 amide bonds. The number of hydrogen-bond acceptors (Lipinski definition) is 3. The maximum atomic E-state index is 13.0. The average molecular weight is 345 g/mol. The molecule has 0 saturated carbocycles. The van der Waals surface area contributed by atoms with E-state index in [4.69, 9.17) is 11.6 Å². The van der Waals surface area contributed by atoms with Crippen LogP contribution in [0.2, 0.25) is 5.02 Å². The number of rotatable bonds is 3. The molecule has 0 atom stereocenters. The number of carbonyl (C=O) groups excluding carboxylic acids is 1. The number of amides is 1. The second-order valence-corrected chi connectivity index (χ2v) is 8.39. The van der Waals surface area contributed by atoms with Gasteiger partial charge in [0.25, 0.3) is 5.91 Å². The van der Waals surface area contributed by atoms with Crippen molar-refractivity contribution in [3.63, 3.8) is 0 Å². The maximum absolute atomic E-state index is 13.0. The molecule has 0 aromatic heterocycles. The van der Waals surface area contributed by atoms with Gasteiger partial charge in [0.1, 0.15) is 0 Å². The Morgan fingerprint density at radius 2 is 2.00 bits per heavy atom. The van der Waals surface area contributed by atoms with E-state index in [1.165, 1.54) is 23.5 Å². The van der Waals surface area contributed by atoms with E-state index < -0.39 is 15.6 Å². The predicted molar refractivity (Wildman–Crippen MR) is 86.8 cm³/mol. The zero-order valence-electron chi connectivity index (χ0n) is 13.2. The zero-order valence-corrected chi connectivity index (χ0v) is 14.8. The summed E-state index contributed by atoms with van der Waals surface area (Å²) in [6.07, 6.45) is 1.64. The van der Waals surface area contributed by atoms with Crippen molar-refractivity contribution >= 4 is 27.5 Å². The number of halogens is 1. The fraction of sp³-hybridized carbons (Fsp3) is 0.533. The SMILES string of the molecule is CNC(=O)c1cc(Cl)c(C)c(S(=O)(=O)N2CCCC2(C)C)c1. The van der Waals surface area contributed by atoms with Crippen molar-refractivity contribution in [1.82, 2.24) is 9.62 Å². The molecule has 0 radical (unpaired) electrons. The molecule has 122 valence electrons. The molecule has 1 saturated heterocycles. The van der Waals surface area contributed by atoms with Crippen LogP contribution in [0.15, 0.2) is 17.0 Å². The predicted octanol–water partition coefficient (Wildman–Crippen LogP) is 2.57. The van der Waals surface area contributed by atoms with Gasteiger partial charge in [0.15, 0.2) is 0 Å². The first-order valence-electron chi connectivity index (χ1n) is 7.16. The number of nitrogens with zero attached hydrogens (tertiary/aromatic N) is 1. The number of nitrogens with one attached hydrogen (secondary N) is 1. The highest BCUT2D eigenvalue weighted by Crippen LogP contribution is 2.36. The van der Waals surface area contributed by atoms with Crippen LogP contribution in [0, 0.1) is 6.92 Å². The van der Waals surface area contributed by atoms with Gasteiger partial charge < -0.3 is 5.32 Å². The molecule has 1 aromatic carbocycles. The quantitative estimate of drug-likeness (QED) is 0.916. The minimum atomic E-state index is -3.69. The van der Waals surface area contributed by atoms with Crippen molar-refractivity contribution < 1.29 is 13.2 Å². The van der Waals surface area contributed by atoms with E-state index in [0.717, 1.165) is 12.8 Å². The Labute approximate surface area is 136 Å². The van der Waals surface area contributed by atoms with Gasteiger partial charge >= 0.3 is 0 Å². The Morgan fingerprint density at radius 3 is 2.50 bits per heavy atom. The lowest BCUT2D eigenvalue weighted by atomic mass is 10.0. The first-order valence-corrected chi connectivity index (χ1v) is 8.98. The van der Waals surface area contributed by atoms with Crippen LogP contribution in [0.1, 0.15) is 42.6 Å². The first kappa shape index (κ1) is 17.2. The number of sulfonamides is 1. The van der Waals surface area contributed by atoms with Crippen LogP contribution < -0.4 is 5.32 Å². The van der Waals surface area contributed by atoms with Gasteiger partial charge in [0, 0.05) is 29.7 Å². The molecule has 5 nitrogen and oxygen atoms in total. The topological polar surface area (TPSA) is 66.5 Å². The summed E-state index contributed by atoms with van der Waals surface area (Å²) in [5.41, 5.74) is 0.284. The molecule has 1 heterocycles. The summed E-state index contributed by atoms with van der Waals surface area (Å²) in [5.74, 6) is -0.362. The van der Waals surface area contributed by atoms with Gasteiger partial charge in [0.05, 0.1) is 4.90 Å². The van der Waals surface area contributed by atoms with Gasteiger partial charge in [-0.2, -0.15) is 4.31 Å². The van der Waals surface area contributed by atoms with E-state index in [-0.39, 0.29) is 21.4 Å². The molecule has 1 aromatic rings. The summed E-state index contributed by atoms with van der Waals surface area (Å²) in [5, 5.41) is 2.76. The summed E-state index contributed by atoms with van der Waals surface area (Å²) in [4.78, 5) is 11.9. The van der Waals surface area contributed by atoms with Gasteiger partial charge in [-0.25, -0.2) is 8.42 Å². The van der Waals surface area contributed by atoms with Gasteiger partial charge in [-0.15, -0.1) is 0 Å². The minimum Gasteiger partial charge on any atom is -0.355 e. The van der Waals surface area contributed by atoms with Crippen LogP contribution in [0.4, 0.5) is 0 Å². The molecule has 1 fully saturated rings. The van der Waals surface area contributed by atoms with Gasteiger partial charge in [-0.3, -0.25) is 4.79 Å². The third-order valence-electron chi connectivity index (χ3n) is 4.18. The third kappa shape index (κ3) is 2.87. The van der Waals surface area contributed by atoms with Crippen LogP contribution in [0.25, 0.3) is 0 Å². The second kappa shape index (κ2) is 5.83. The highest BCUT2D eigenvalue weighted by molar-refractivity contribution is 7.89. The highest BCUT2D eigenvalue weighted by atomic mass is 35.5. The van der Waals surface area contributed by atoms with E-state index in [0.29, 0.717) is 12.1 Å². The minimum absolute atomic E-state index is 0.105. The molecule has 0 bridgehead atoms. The Balaban J connectivity index is 2.60. The van der Waals surface area contributed by atoms with Crippen molar-refractivity contribution in [2.24, 2.45) is 0 Å². The molecule has 1 aliphatic rings. The van der Waals surface area contributed by atoms with Crippen molar-refractivity contribution in [2.45, 2.75) is 44.0 Å². The molecule has 7 heteroatoms. The van der Waals surface area contributed by atoms with Crippen molar-refractivity contribution in [2.75, 3.05) is 13.6 Å². The highest BCUT2D eigenvalue weighted by Gasteiger charge is 2.41. The molecule has 1 aliphatic heterocycles. The van der Waals surface area contributed by atoms with E-state index in [1.54, 1.807) is 6.92 Å². The van der Waals surface area contributed by atoms with E-state index >= 15 is 0 Å². The summed E-state index contributed by atoms with van der Waals surface area (Å²) < 4.78 is 27.5. The van der Waals surface area contributed by atoms with Gasteiger partial charge in [-0.05, 0) is 51.3 Å². The van der Waals surface area contributed by atoms with E-state index in [2.05, 4.69) is 5.32 Å². The summed E-state index contributed by atoms with van der Waals surface area (Å²) >= 11 is 6.14. The van der Waals surface area contributed by atoms with Crippen LogP contribution in [0.5, 0.6) is 0 Å². The molecule has 0 aliphatic carbocycles. The number of benzene rings is 1. The Morgan fingerprint density at radius 1 is 1.36 bits per heavy atom. The van der Waals surface area contributed by atoms with Crippen molar-refractivity contribution in [3.8, 4) is 0 Å². The Bertz CT molecular complexity index is 714. The average Bonchev–Trinajstić information content (AvgIpc) is 2.80. The summed E-state index contributed by atoms with van der Waals surface area (Å²) in [6.45, 7) is 5.97. The van der Waals surface area contributed by atoms with Crippen LogP contribution in [-0.4, -0.2) is 37.8 Å². The molecule has 2 rings (SSSR count). The molecular formula is C15H21ClN2O3S. The van der Waals surface area contributed by atoms with Crippen molar-refractivity contribution in [1.29, 1.82) is 0 Å². The standard InChI is InChI=1S/C15H21ClN2O3S/c1-10-12(16)8-11(14(19)17-4)9-13(10)22(20,21)18-7-5-6-15(18,2)3/h8-9H,5-7H2,1-4H3,(H,17,19). The van der Waals surface area contributed by atoms with E-state index in [1.807, 2.05) is 13.8 Å². The first-order chi connectivity index (χ1) is 10.1. The lowest BCUT2D eigenvalue weighted by molar-refractivity contribution is 0.0963. The Hall–Kier alpha value is -1.11. The zero-order chi connectivity index (χ0) is 16.7. The van der Waals surface area contributed by atoms with Crippen LogP contribution in [0.3, 0.4) is 0 Å². The molecule has 1 N–H and O–H groups in total. The van der Waals surface area contributed by atoms with Gasteiger partial charge in [0.2, 0.25) is 10.0 Å². The fourth-order valence-electron chi connectivity index (χ4n) is 2.84. The fourth-order valence-corrected chi connectivity index (χ4v) is 5.24. The number of carbonyl (C=O) groups is 1. The maximum Gasteiger partial charge on any atom is 0.251 e. The van der Waals surface area contributed by atoms with Crippen molar-refractivity contribution in [3.05, 3.63) is 28.3 Å². The summed E-state index contributed by atoms with van der Waals surface area (Å²) in [6, 6.07) is 2.90. The summed E-state index contributed by atoms with van der Waals surface area (Å²) in [7, 11) is -2.20. The normalized spacial score (nSPS) is 18.4. The molecule has 22 heavy (non-hydrogen) atoms. The monoisotopic (exact) mass is 344 g/mol. The Kier molecular flexibility index (Phi) is 4.57. The number of hydrogen-bond donors (Lipinski definition) is 1. The molecule has 0 unspecified atom stereocenters. The lowest BCUT2D eigenvalue weighted by Gasteiger charge is -2.31. The largest absolute Gasteiger partial charge is 0.355 e. The van der Waals surface area contributed by atoms with Crippen LogP contribution in [-0.2, 0) is 10.0 Å². The van der Waals surface area contributed by atoms with E-state index in [9.17, 15) is 13.2 Å². The molecule has 0 spiro atoms. The third-order valence-corrected chi connectivity index (χ3v) is 6.81. The lowest BCUT2D eigenvalue weighted by Crippen LogP contribution is -2.42.